The normalized spacial score (nSPS) is 14.9. The Morgan fingerprint density at radius 3 is 2.50 bits per heavy atom. The van der Waals surface area contributed by atoms with Crippen LogP contribution in [0.3, 0.4) is 0 Å². The van der Waals surface area contributed by atoms with E-state index in [9.17, 15) is 14.0 Å². The van der Waals surface area contributed by atoms with Gasteiger partial charge >= 0.3 is 6.03 Å². The predicted molar refractivity (Wildman–Crippen MR) is 123 cm³/mol. The number of carbonyl (C=O) groups excluding carboxylic acids is 2. The SMILES string of the molecule is CC(NC(=O)c1cccc(N2CCCN(Cc3ccc(F)cc3)C2=O)c1)c1ccccc1. The topological polar surface area (TPSA) is 52.7 Å². The number of carbonyl (C=O) groups is 2. The summed E-state index contributed by atoms with van der Waals surface area (Å²) in [4.78, 5) is 29.4. The zero-order valence-electron chi connectivity index (χ0n) is 18.0. The largest absolute Gasteiger partial charge is 0.346 e. The van der Waals surface area contributed by atoms with Crippen molar-refractivity contribution in [2.24, 2.45) is 0 Å². The van der Waals surface area contributed by atoms with Crippen LogP contribution in [0.15, 0.2) is 78.9 Å². The maximum atomic E-state index is 13.2. The lowest BCUT2D eigenvalue weighted by Crippen LogP contribution is -2.49. The number of nitrogens with one attached hydrogen (secondary N) is 1. The van der Waals surface area contributed by atoms with Crippen molar-refractivity contribution in [1.82, 2.24) is 10.2 Å². The third kappa shape index (κ3) is 4.97. The third-order valence-electron chi connectivity index (χ3n) is 5.67. The molecule has 1 N–H and O–H groups in total. The van der Waals surface area contributed by atoms with Crippen molar-refractivity contribution in [3.63, 3.8) is 0 Å². The van der Waals surface area contributed by atoms with Gasteiger partial charge in [0.25, 0.3) is 5.91 Å². The highest BCUT2D eigenvalue weighted by molar-refractivity contribution is 5.98. The zero-order valence-corrected chi connectivity index (χ0v) is 18.0. The van der Waals surface area contributed by atoms with Crippen LogP contribution in [-0.4, -0.2) is 29.9 Å². The number of anilines is 1. The fraction of sp³-hybridized carbons (Fsp3) is 0.231. The summed E-state index contributed by atoms with van der Waals surface area (Å²) in [5, 5.41) is 3.02. The summed E-state index contributed by atoms with van der Waals surface area (Å²) in [5.74, 6) is -0.479. The van der Waals surface area contributed by atoms with Gasteiger partial charge in [-0.1, -0.05) is 48.5 Å². The van der Waals surface area contributed by atoms with Gasteiger partial charge in [-0.05, 0) is 54.8 Å². The van der Waals surface area contributed by atoms with Crippen molar-refractivity contribution in [3.8, 4) is 0 Å². The highest BCUT2D eigenvalue weighted by atomic mass is 19.1. The molecule has 1 aliphatic heterocycles. The van der Waals surface area contributed by atoms with Crippen molar-refractivity contribution < 1.29 is 14.0 Å². The number of rotatable bonds is 6. The van der Waals surface area contributed by atoms with Crippen LogP contribution in [0.4, 0.5) is 14.9 Å². The van der Waals surface area contributed by atoms with Crippen molar-refractivity contribution in [3.05, 3.63) is 101 Å². The average molecular weight is 432 g/mol. The number of benzene rings is 3. The molecule has 4 rings (SSSR count). The molecule has 0 aliphatic carbocycles. The van der Waals surface area contributed by atoms with Gasteiger partial charge in [-0.25, -0.2) is 9.18 Å². The Labute approximate surface area is 187 Å². The lowest BCUT2D eigenvalue weighted by atomic mass is 10.1. The second-order valence-electron chi connectivity index (χ2n) is 7.99. The highest BCUT2D eigenvalue weighted by Gasteiger charge is 2.27. The van der Waals surface area contributed by atoms with Gasteiger partial charge < -0.3 is 10.2 Å². The van der Waals surface area contributed by atoms with Crippen LogP contribution < -0.4 is 10.2 Å². The number of nitrogens with zero attached hydrogens (tertiary/aromatic N) is 2. The molecule has 1 heterocycles. The number of urea groups is 1. The van der Waals surface area contributed by atoms with Gasteiger partial charge in [0, 0.05) is 30.9 Å². The standard InChI is InChI=1S/C26H26FN3O2/c1-19(21-7-3-2-4-8-21)28-25(31)22-9-5-10-24(17-22)30-16-6-15-29(26(30)32)18-20-11-13-23(27)14-12-20/h2-5,7-14,17,19H,6,15-16,18H2,1H3,(H,28,31). The van der Waals surface area contributed by atoms with Gasteiger partial charge in [0.1, 0.15) is 5.82 Å². The molecule has 164 valence electrons. The minimum Gasteiger partial charge on any atom is -0.346 e. The smallest absolute Gasteiger partial charge is 0.324 e. The van der Waals surface area contributed by atoms with Gasteiger partial charge in [-0.2, -0.15) is 0 Å². The van der Waals surface area contributed by atoms with Crippen molar-refractivity contribution in [2.45, 2.75) is 25.9 Å². The Bertz CT molecular complexity index is 1090. The lowest BCUT2D eigenvalue weighted by molar-refractivity contribution is 0.0940. The molecule has 3 amide bonds. The Hall–Kier alpha value is -3.67. The molecule has 1 atom stereocenters. The summed E-state index contributed by atoms with van der Waals surface area (Å²) >= 11 is 0. The second kappa shape index (κ2) is 9.64. The van der Waals surface area contributed by atoms with E-state index in [1.165, 1.54) is 12.1 Å². The van der Waals surface area contributed by atoms with Crippen LogP contribution in [0.25, 0.3) is 0 Å². The molecule has 1 saturated heterocycles. The summed E-state index contributed by atoms with van der Waals surface area (Å²) in [5.41, 5.74) is 3.11. The summed E-state index contributed by atoms with van der Waals surface area (Å²) in [6, 6.07) is 22.9. The lowest BCUT2D eigenvalue weighted by Gasteiger charge is -2.36. The van der Waals surface area contributed by atoms with E-state index in [2.05, 4.69) is 5.32 Å². The molecule has 1 fully saturated rings. The molecule has 32 heavy (non-hydrogen) atoms. The Morgan fingerprint density at radius 2 is 1.75 bits per heavy atom. The fourth-order valence-electron chi connectivity index (χ4n) is 3.90. The minimum atomic E-state index is -0.294. The van der Waals surface area contributed by atoms with E-state index >= 15 is 0 Å². The number of hydrogen-bond donors (Lipinski definition) is 1. The van der Waals surface area contributed by atoms with E-state index in [1.54, 1.807) is 40.1 Å². The summed E-state index contributed by atoms with van der Waals surface area (Å²) in [6.45, 7) is 3.59. The molecule has 5 nitrogen and oxygen atoms in total. The highest BCUT2D eigenvalue weighted by Crippen LogP contribution is 2.23. The molecule has 1 unspecified atom stereocenters. The molecular formula is C26H26FN3O2. The van der Waals surface area contributed by atoms with Crippen molar-refractivity contribution in [2.75, 3.05) is 18.0 Å². The van der Waals surface area contributed by atoms with E-state index in [1.807, 2.05) is 43.3 Å². The maximum Gasteiger partial charge on any atom is 0.324 e. The predicted octanol–water partition coefficient (Wildman–Crippen LogP) is 5.15. The minimum absolute atomic E-state index is 0.115. The first-order valence-electron chi connectivity index (χ1n) is 10.8. The van der Waals surface area contributed by atoms with Crippen LogP contribution >= 0.6 is 0 Å². The van der Waals surface area contributed by atoms with Gasteiger partial charge in [-0.3, -0.25) is 9.69 Å². The van der Waals surface area contributed by atoms with E-state index in [0.717, 1.165) is 17.5 Å². The van der Waals surface area contributed by atoms with Gasteiger partial charge in [-0.15, -0.1) is 0 Å². The van der Waals surface area contributed by atoms with Crippen LogP contribution in [-0.2, 0) is 6.54 Å². The quantitative estimate of drug-likeness (QED) is 0.587. The van der Waals surface area contributed by atoms with Crippen molar-refractivity contribution >= 4 is 17.6 Å². The first-order valence-corrected chi connectivity index (χ1v) is 10.8. The first-order chi connectivity index (χ1) is 15.5. The molecule has 1 aliphatic rings. The van der Waals surface area contributed by atoms with E-state index in [4.69, 9.17) is 0 Å². The van der Waals surface area contributed by atoms with E-state index < -0.39 is 0 Å². The number of halogens is 1. The Kier molecular flexibility index (Phi) is 6.50. The number of hydrogen-bond acceptors (Lipinski definition) is 2. The zero-order chi connectivity index (χ0) is 22.5. The molecule has 6 heteroatoms. The van der Waals surface area contributed by atoms with Crippen LogP contribution in [0.1, 0.15) is 40.9 Å². The molecule has 0 spiro atoms. The van der Waals surface area contributed by atoms with Crippen molar-refractivity contribution in [1.29, 1.82) is 0 Å². The fourth-order valence-corrected chi connectivity index (χ4v) is 3.90. The maximum absolute atomic E-state index is 13.2. The number of amides is 3. The average Bonchev–Trinajstić information content (AvgIpc) is 2.82. The molecular weight excluding hydrogens is 405 g/mol. The Morgan fingerprint density at radius 1 is 1.00 bits per heavy atom. The van der Waals surface area contributed by atoms with Crippen LogP contribution in [0.5, 0.6) is 0 Å². The summed E-state index contributed by atoms with van der Waals surface area (Å²) in [6.07, 6.45) is 0.814. The molecule has 3 aromatic rings. The molecule has 0 saturated carbocycles. The molecule has 0 bridgehead atoms. The van der Waals surface area contributed by atoms with Gasteiger partial charge in [0.15, 0.2) is 0 Å². The molecule has 0 aromatic heterocycles. The summed E-state index contributed by atoms with van der Waals surface area (Å²) < 4.78 is 13.2. The molecule has 0 radical (unpaired) electrons. The Balaban J connectivity index is 1.46. The molecule has 3 aromatic carbocycles. The van der Waals surface area contributed by atoms with Crippen LogP contribution in [0.2, 0.25) is 0 Å². The third-order valence-corrected chi connectivity index (χ3v) is 5.67. The first kappa shape index (κ1) is 21.6. The van der Waals surface area contributed by atoms with E-state index in [-0.39, 0.29) is 23.8 Å². The summed E-state index contributed by atoms with van der Waals surface area (Å²) in [7, 11) is 0. The van der Waals surface area contributed by atoms with Gasteiger partial charge in [0.2, 0.25) is 0 Å². The van der Waals surface area contributed by atoms with Crippen LogP contribution in [0, 0.1) is 5.82 Å². The van der Waals surface area contributed by atoms with E-state index in [0.29, 0.717) is 30.9 Å². The monoisotopic (exact) mass is 431 g/mol. The van der Waals surface area contributed by atoms with Gasteiger partial charge in [0.05, 0.1) is 6.04 Å². The second-order valence-corrected chi connectivity index (χ2v) is 7.99.